The Morgan fingerprint density at radius 2 is 1.74 bits per heavy atom. The number of carbonyl (C=O) groups is 1. The molecular formula is C25H30N4O6. The summed E-state index contributed by atoms with van der Waals surface area (Å²) in [4.78, 5) is 40.8. The van der Waals surface area contributed by atoms with Crippen LogP contribution in [0.3, 0.4) is 0 Å². The second kappa shape index (κ2) is 10.2. The molecule has 2 heterocycles. The number of fused-ring (bicyclic) bond motifs is 1. The van der Waals surface area contributed by atoms with Crippen LogP contribution in [-0.2, 0) is 11.3 Å². The second-order valence-corrected chi connectivity index (χ2v) is 8.46. The molecule has 2 aromatic carbocycles. The molecule has 0 saturated carbocycles. The maximum absolute atomic E-state index is 13.7. The van der Waals surface area contributed by atoms with E-state index in [0.717, 1.165) is 0 Å². The van der Waals surface area contributed by atoms with Crippen LogP contribution in [0.15, 0.2) is 46.0 Å². The first-order valence-corrected chi connectivity index (χ1v) is 11.5. The molecule has 0 atom stereocenters. The Morgan fingerprint density at radius 3 is 2.37 bits per heavy atom. The van der Waals surface area contributed by atoms with E-state index in [0.29, 0.717) is 59.6 Å². The van der Waals surface area contributed by atoms with Crippen molar-refractivity contribution in [3.63, 3.8) is 0 Å². The average molecular weight is 483 g/mol. The number of benzene rings is 2. The number of piperidine rings is 1. The third-order valence-corrected chi connectivity index (χ3v) is 6.45. The summed E-state index contributed by atoms with van der Waals surface area (Å²) in [7, 11) is 3.08. The number of amides is 1. The Kier molecular flexibility index (Phi) is 7.11. The topological polar surface area (TPSA) is 118 Å². The summed E-state index contributed by atoms with van der Waals surface area (Å²) in [5.41, 5.74) is 5.96. The van der Waals surface area contributed by atoms with Crippen LogP contribution in [0.1, 0.15) is 31.4 Å². The van der Waals surface area contributed by atoms with Gasteiger partial charge in [-0.25, -0.2) is 4.79 Å². The molecule has 0 spiro atoms. The van der Waals surface area contributed by atoms with Crippen LogP contribution in [0.25, 0.3) is 10.9 Å². The highest BCUT2D eigenvalue weighted by Crippen LogP contribution is 2.29. The van der Waals surface area contributed by atoms with Crippen molar-refractivity contribution in [1.82, 2.24) is 14.0 Å². The number of nitrogens with zero attached hydrogens (tertiary/aromatic N) is 3. The summed E-state index contributed by atoms with van der Waals surface area (Å²) in [5.74, 6) is 1.53. The van der Waals surface area contributed by atoms with Gasteiger partial charge >= 0.3 is 5.69 Å². The minimum absolute atomic E-state index is 0.0163. The van der Waals surface area contributed by atoms with Gasteiger partial charge in [0.25, 0.3) is 5.56 Å². The summed E-state index contributed by atoms with van der Waals surface area (Å²) >= 11 is 0. The van der Waals surface area contributed by atoms with Gasteiger partial charge in [-0.05, 0) is 48.7 Å². The lowest BCUT2D eigenvalue weighted by Gasteiger charge is -2.33. The fourth-order valence-corrected chi connectivity index (χ4v) is 4.64. The van der Waals surface area contributed by atoms with Crippen LogP contribution in [0.2, 0.25) is 0 Å². The lowest BCUT2D eigenvalue weighted by Crippen LogP contribution is -2.45. The number of ether oxygens (including phenoxy) is 3. The maximum atomic E-state index is 13.7. The molecule has 0 aliphatic carbocycles. The van der Waals surface area contributed by atoms with Crippen LogP contribution in [0.4, 0.5) is 0 Å². The molecule has 10 heteroatoms. The molecule has 0 radical (unpaired) electrons. The quantitative estimate of drug-likeness (QED) is 0.509. The number of likely N-dealkylation sites (tertiary alicyclic amines) is 1. The number of methoxy groups -OCH3 is 2. The maximum Gasteiger partial charge on any atom is 0.332 e. The van der Waals surface area contributed by atoms with Crippen LogP contribution >= 0.6 is 0 Å². The van der Waals surface area contributed by atoms with E-state index in [4.69, 9.17) is 19.9 Å². The molecule has 2 N–H and O–H groups in total. The van der Waals surface area contributed by atoms with Crippen molar-refractivity contribution in [2.45, 2.75) is 32.4 Å². The van der Waals surface area contributed by atoms with Crippen molar-refractivity contribution in [3.8, 4) is 17.2 Å². The van der Waals surface area contributed by atoms with E-state index in [1.54, 1.807) is 59.9 Å². The van der Waals surface area contributed by atoms with Gasteiger partial charge in [-0.2, -0.15) is 0 Å². The fraction of sp³-hybridized carbons (Fsp3) is 0.400. The van der Waals surface area contributed by atoms with Gasteiger partial charge < -0.3 is 19.1 Å². The number of aromatic nitrogens is 2. The summed E-state index contributed by atoms with van der Waals surface area (Å²) in [6.45, 7) is 2.68. The Labute approximate surface area is 202 Å². The standard InChI is InChI=1S/C25H30N4O6/c1-16(30)27-10-8-18(9-11-27)29-21-6-5-19(35-15-26)13-20(21)24(31)28(25(29)32)14-17-4-7-22(33-2)23(12-17)34-3/h4-7,12-13,18H,8-11,14-15,26H2,1-3H3. The molecule has 3 aromatic rings. The van der Waals surface area contributed by atoms with Gasteiger partial charge in [-0.1, -0.05) is 6.07 Å². The molecule has 0 bridgehead atoms. The van der Waals surface area contributed by atoms with E-state index in [1.807, 2.05) is 0 Å². The third kappa shape index (κ3) is 4.74. The third-order valence-electron chi connectivity index (χ3n) is 6.45. The SMILES string of the molecule is COc1ccc(Cn2c(=O)c3cc(OCN)ccc3n(C3CCN(C(C)=O)CC3)c2=O)cc1OC. The highest BCUT2D eigenvalue weighted by Gasteiger charge is 2.26. The van der Waals surface area contributed by atoms with Crippen LogP contribution < -0.4 is 31.2 Å². The van der Waals surface area contributed by atoms with Crippen LogP contribution in [0.5, 0.6) is 17.2 Å². The molecule has 186 valence electrons. The van der Waals surface area contributed by atoms with Crippen molar-refractivity contribution in [2.24, 2.45) is 5.73 Å². The molecule has 1 saturated heterocycles. The van der Waals surface area contributed by atoms with Crippen LogP contribution in [-0.4, -0.2) is 54.0 Å². The van der Waals surface area contributed by atoms with Crippen molar-refractivity contribution in [3.05, 3.63) is 62.8 Å². The Balaban J connectivity index is 1.85. The summed E-state index contributed by atoms with van der Waals surface area (Å²) < 4.78 is 19.0. The van der Waals surface area contributed by atoms with E-state index in [2.05, 4.69) is 0 Å². The fourth-order valence-electron chi connectivity index (χ4n) is 4.64. The van der Waals surface area contributed by atoms with E-state index in [9.17, 15) is 14.4 Å². The Hall–Kier alpha value is -3.79. The zero-order chi connectivity index (χ0) is 25.1. The number of hydrogen-bond acceptors (Lipinski definition) is 7. The Bertz CT molecular complexity index is 1350. The van der Waals surface area contributed by atoms with E-state index in [-0.39, 0.29) is 25.2 Å². The molecule has 1 aromatic heterocycles. The molecule has 1 aliphatic heterocycles. The van der Waals surface area contributed by atoms with Gasteiger partial charge in [-0.3, -0.25) is 24.5 Å². The largest absolute Gasteiger partial charge is 0.493 e. The van der Waals surface area contributed by atoms with E-state index in [1.165, 1.54) is 11.7 Å². The predicted octanol–water partition coefficient (Wildman–Crippen LogP) is 1.71. The first-order chi connectivity index (χ1) is 16.9. The summed E-state index contributed by atoms with van der Waals surface area (Å²) in [6, 6.07) is 10.2. The van der Waals surface area contributed by atoms with Crippen molar-refractivity contribution < 1.29 is 19.0 Å². The first kappa shape index (κ1) is 24.3. The number of carbonyl (C=O) groups excluding carboxylic acids is 1. The minimum Gasteiger partial charge on any atom is -0.493 e. The minimum atomic E-state index is -0.417. The molecule has 0 unspecified atom stereocenters. The highest BCUT2D eigenvalue weighted by atomic mass is 16.5. The van der Waals surface area contributed by atoms with E-state index < -0.39 is 11.2 Å². The van der Waals surface area contributed by atoms with Gasteiger partial charge in [-0.15, -0.1) is 0 Å². The molecule has 1 aliphatic rings. The molecule has 35 heavy (non-hydrogen) atoms. The number of nitrogens with two attached hydrogens (primary N) is 1. The number of rotatable bonds is 7. The zero-order valence-electron chi connectivity index (χ0n) is 20.2. The van der Waals surface area contributed by atoms with Gasteiger partial charge in [0, 0.05) is 26.1 Å². The predicted molar refractivity (Wildman–Crippen MR) is 131 cm³/mol. The average Bonchev–Trinajstić information content (AvgIpc) is 2.87. The molecule has 4 rings (SSSR count). The molecule has 1 amide bonds. The van der Waals surface area contributed by atoms with Crippen LogP contribution in [0, 0.1) is 0 Å². The molecule has 10 nitrogen and oxygen atoms in total. The smallest absolute Gasteiger partial charge is 0.332 e. The Morgan fingerprint density at radius 1 is 1.03 bits per heavy atom. The van der Waals surface area contributed by atoms with Gasteiger partial charge in [0.05, 0.1) is 31.7 Å². The van der Waals surface area contributed by atoms with E-state index >= 15 is 0 Å². The second-order valence-electron chi connectivity index (χ2n) is 8.46. The van der Waals surface area contributed by atoms with Gasteiger partial charge in [0.2, 0.25) is 5.91 Å². The highest BCUT2D eigenvalue weighted by molar-refractivity contribution is 5.80. The van der Waals surface area contributed by atoms with Gasteiger partial charge in [0.15, 0.2) is 11.5 Å². The zero-order valence-corrected chi connectivity index (χ0v) is 20.2. The monoisotopic (exact) mass is 482 g/mol. The number of hydrogen-bond donors (Lipinski definition) is 1. The molecule has 1 fully saturated rings. The summed E-state index contributed by atoms with van der Waals surface area (Å²) in [6.07, 6.45) is 1.23. The first-order valence-electron chi connectivity index (χ1n) is 11.5. The lowest BCUT2D eigenvalue weighted by atomic mass is 10.0. The van der Waals surface area contributed by atoms with Crippen molar-refractivity contribution >= 4 is 16.8 Å². The normalized spacial score (nSPS) is 14.2. The molecular weight excluding hydrogens is 452 g/mol. The van der Waals surface area contributed by atoms with Crippen molar-refractivity contribution in [2.75, 3.05) is 34.0 Å². The van der Waals surface area contributed by atoms with Gasteiger partial charge in [0.1, 0.15) is 12.5 Å². The lowest BCUT2D eigenvalue weighted by molar-refractivity contribution is -0.130. The van der Waals surface area contributed by atoms with Crippen molar-refractivity contribution in [1.29, 1.82) is 0 Å². The summed E-state index contributed by atoms with van der Waals surface area (Å²) in [5, 5.41) is 0.366.